The van der Waals surface area contributed by atoms with Gasteiger partial charge >= 0.3 is 5.97 Å². The SMILES string of the molecule is NC(=O)c1ccn(-c2ccc(C(=O)O)c(Cl)c2)n1. The maximum atomic E-state index is 10.9. The van der Waals surface area contributed by atoms with E-state index in [9.17, 15) is 9.59 Å². The number of carboxylic acid groups (broad SMARTS) is 1. The zero-order valence-corrected chi connectivity index (χ0v) is 9.76. The Balaban J connectivity index is 2.42. The number of amides is 1. The van der Waals surface area contributed by atoms with Gasteiger partial charge in [-0.2, -0.15) is 5.10 Å². The maximum Gasteiger partial charge on any atom is 0.337 e. The van der Waals surface area contributed by atoms with Gasteiger partial charge in [0.2, 0.25) is 0 Å². The number of rotatable bonds is 3. The van der Waals surface area contributed by atoms with Crippen molar-refractivity contribution < 1.29 is 14.7 Å². The number of nitrogens with two attached hydrogens (primary N) is 1. The van der Waals surface area contributed by atoms with Crippen LogP contribution in [0.25, 0.3) is 5.69 Å². The Bertz CT molecular complexity index is 636. The van der Waals surface area contributed by atoms with Crippen molar-refractivity contribution in [2.24, 2.45) is 5.73 Å². The number of aromatic carboxylic acids is 1. The van der Waals surface area contributed by atoms with Gasteiger partial charge in [-0.1, -0.05) is 11.6 Å². The summed E-state index contributed by atoms with van der Waals surface area (Å²) >= 11 is 5.83. The second-order valence-electron chi connectivity index (χ2n) is 3.48. The highest BCUT2D eigenvalue weighted by Gasteiger charge is 2.11. The van der Waals surface area contributed by atoms with E-state index in [-0.39, 0.29) is 16.3 Å². The fourth-order valence-corrected chi connectivity index (χ4v) is 1.67. The molecule has 0 saturated carbocycles. The number of hydrogen-bond acceptors (Lipinski definition) is 3. The highest BCUT2D eigenvalue weighted by Crippen LogP contribution is 2.20. The smallest absolute Gasteiger partial charge is 0.337 e. The molecule has 6 nitrogen and oxygen atoms in total. The van der Waals surface area contributed by atoms with E-state index in [1.807, 2.05) is 0 Å². The van der Waals surface area contributed by atoms with Crippen molar-refractivity contribution in [1.82, 2.24) is 9.78 Å². The average Bonchev–Trinajstić information content (AvgIpc) is 2.77. The van der Waals surface area contributed by atoms with Crippen LogP contribution in [0.3, 0.4) is 0 Å². The van der Waals surface area contributed by atoms with Gasteiger partial charge in [0.05, 0.1) is 16.3 Å². The van der Waals surface area contributed by atoms with E-state index in [0.717, 1.165) is 0 Å². The molecule has 0 atom stereocenters. The molecule has 1 amide bonds. The Morgan fingerprint density at radius 1 is 1.33 bits per heavy atom. The molecule has 7 heteroatoms. The van der Waals surface area contributed by atoms with Crippen LogP contribution in [0, 0.1) is 0 Å². The van der Waals surface area contributed by atoms with E-state index in [1.54, 1.807) is 0 Å². The number of carbonyl (C=O) groups is 2. The lowest BCUT2D eigenvalue weighted by molar-refractivity contribution is 0.0697. The van der Waals surface area contributed by atoms with Crippen molar-refractivity contribution in [2.45, 2.75) is 0 Å². The van der Waals surface area contributed by atoms with Crippen molar-refractivity contribution in [1.29, 1.82) is 0 Å². The molecule has 2 aromatic rings. The zero-order valence-electron chi connectivity index (χ0n) is 9.00. The molecule has 0 aliphatic heterocycles. The monoisotopic (exact) mass is 265 g/mol. The lowest BCUT2D eigenvalue weighted by Gasteiger charge is -2.04. The Labute approximate surface area is 107 Å². The zero-order chi connectivity index (χ0) is 13.3. The molecule has 0 spiro atoms. The summed E-state index contributed by atoms with van der Waals surface area (Å²) in [7, 11) is 0. The first-order valence-corrected chi connectivity index (χ1v) is 5.25. The molecule has 92 valence electrons. The summed E-state index contributed by atoms with van der Waals surface area (Å²) in [4.78, 5) is 21.7. The van der Waals surface area contributed by atoms with Gasteiger partial charge in [-0.3, -0.25) is 4.79 Å². The number of benzene rings is 1. The minimum atomic E-state index is -1.11. The van der Waals surface area contributed by atoms with E-state index in [0.29, 0.717) is 5.69 Å². The molecule has 1 heterocycles. The van der Waals surface area contributed by atoms with Crippen LogP contribution in [0.4, 0.5) is 0 Å². The largest absolute Gasteiger partial charge is 0.478 e. The second kappa shape index (κ2) is 4.50. The standard InChI is InChI=1S/C11H8ClN3O3/c12-8-5-6(1-2-7(8)11(17)18)15-4-3-9(14-15)10(13)16/h1-5H,(H2,13,16)(H,17,18). The van der Waals surface area contributed by atoms with Crippen molar-refractivity contribution in [3.63, 3.8) is 0 Å². The third-order valence-electron chi connectivity index (χ3n) is 2.29. The molecule has 0 aliphatic rings. The van der Waals surface area contributed by atoms with Crippen molar-refractivity contribution in [2.75, 3.05) is 0 Å². The van der Waals surface area contributed by atoms with E-state index < -0.39 is 11.9 Å². The van der Waals surface area contributed by atoms with Crippen LogP contribution in [-0.2, 0) is 0 Å². The van der Waals surface area contributed by atoms with Gasteiger partial charge in [0.25, 0.3) is 5.91 Å². The average molecular weight is 266 g/mol. The van der Waals surface area contributed by atoms with Gasteiger partial charge in [-0.25, -0.2) is 9.48 Å². The molecule has 18 heavy (non-hydrogen) atoms. The van der Waals surface area contributed by atoms with E-state index in [1.165, 1.54) is 35.1 Å². The van der Waals surface area contributed by atoms with Gasteiger partial charge in [0.15, 0.2) is 0 Å². The van der Waals surface area contributed by atoms with Gasteiger partial charge in [0, 0.05) is 6.20 Å². The number of nitrogens with zero attached hydrogens (tertiary/aromatic N) is 2. The fraction of sp³-hybridized carbons (Fsp3) is 0. The highest BCUT2D eigenvalue weighted by atomic mass is 35.5. The lowest BCUT2D eigenvalue weighted by atomic mass is 10.2. The molecule has 0 bridgehead atoms. The van der Waals surface area contributed by atoms with E-state index >= 15 is 0 Å². The normalized spacial score (nSPS) is 10.3. The minimum absolute atomic E-state index is 0.00250. The van der Waals surface area contributed by atoms with E-state index in [4.69, 9.17) is 22.4 Å². The first-order valence-electron chi connectivity index (χ1n) is 4.87. The van der Waals surface area contributed by atoms with Crippen LogP contribution in [0.15, 0.2) is 30.5 Å². The van der Waals surface area contributed by atoms with Crippen LogP contribution in [0.5, 0.6) is 0 Å². The molecule has 1 aromatic heterocycles. The number of halogens is 1. The first-order chi connectivity index (χ1) is 8.49. The Hall–Kier alpha value is -2.34. The Morgan fingerprint density at radius 3 is 2.56 bits per heavy atom. The molecule has 2 rings (SSSR count). The number of aromatic nitrogens is 2. The van der Waals surface area contributed by atoms with Crippen LogP contribution >= 0.6 is 11.6 Å². The molecule has 0 saturated heterocycles. The summed E-state index contributed by atoms with van der Waals surface area (Å²) in [5.41, 5.74) is 5.74. The molecule has 0 unspecified atom stereocenters. The van der Waals surface area contributed by atoms with Crippen molar-refractivity contribution in [3.05, 3.63) is 46.7 Å². The lowest BCUT2D eigenvalue weighted by Crippen LogP contribution is -2.12. The van der Waals surface area contributed by atoms with Gasteiger partial charge in [-0.15, -0.1) is 0 Å². The van der Waals surface area contributed by atoms with Gasteiger partial charge in [-0.05, 0) is 24.3 Å². The second-order valence-corrected chi connectivity index (χ2v) is 3.89. The Morgan fingerprint density at radius 2 is 2.06 bits per heavy atom. The number of hydrogen-bond donors (Lipinski definition) is 2. The molecular formula is C11H8ClN3O3. The summed E-state index contributed by atoms with van der Waals surface area (Å²) in [5, 5.41) is 12.9. The molecule has 1 aromatic carbocycles. The summed E-state index contributed by atoms with van der Waals surface area (Å²) in [6.45, 7) is 0. The van der Waals surface area contributed by atoms with Crippen LogP contribution in [0.1, 0.15) is 20.8 Å². The molecule has 0 radical (unpaired) electrons. The maximum absolute atomic E-state index is 10.9. The molecule has 0 fully saturated rings. The van der Waals surface area contributed by atoms with Crippen LogP contribution in [-0.4, -0.2) is 26.8 Å². The third-order valence-corrected chi connectivity index (χ3v) is 2.60. The van der Waals surface area contributed by atoms with Crippen LogP contribution < -0.4 is 5.73 Å². The van der Waals surface area contributed by atoms with Gasteiger partial charge < -0.3 is 10.8 Å². The summed E-state index contributed by atoms with van der Waals surface area (Å²) in [5.74, 6) is -1.74. The Kier molecular flexibility index (Phi) is 3.03. The highest BCUT2D eigenvalue weighted by molar-refractivity contribution is 6.33. The van der Waals surface area contributed by atoms with Gasteiger partial charge in [0.1, 0.15) is 5.69 Å². The van der Waals surface area contributed by atoms with Crippen LogP contribution in [0.2, 0.25) is 5.02 Å². The molecular weight excluding hydrogens is 258 g/mol. The fourth-order valence-electron chi connectivity index (χ4n) is 1.42. The predicted molar refractivity (Wildman–Crippen MR) is 64.1 cm³/mol. The summed E-state index contributed by atoms with van der Waals surface area (Å²) in [6, 6.07) is 5.81. The number of carbonyl (C=O) groups excluding carboxylic acids is 1. The van der Waals surface area contributed by atoms with E-state index in [2.05, 4.69) is 5.10 Å². The summed E-state index contributed by atoms with van der Waals surface area (Å²) < 4.78 is 1.39. The minimum Gasteiger partial charge on any atom is -0.478 e. The number of carboxylic acids is 1. The quantitative estimate of drug-likeness (QED) is 0.874. The number of primary amides is 1. The first kappa shape index (κ1) is 12.1. The third kappa shape index (κ3) is 2.18. The molecule has 0 aliphatic carbocycles. The predicted octanol–water partition coefficient (Wildman–Crippen LogP) is 1.32. The molecule has 3 N–H and O–H groups in total. The van der Waals surface area contributed by atoms with Crippen molar-refractivity contribution in [3.8, 4) is 5.69 Å². The van der Waals surface area contributed by atoms with Crippen molar-refractivity contribution >= 4 is 23.5 Å². The topological polar surface area (TPSA) is 98.2 Å². The summed E-state index contributed by atoms with van der Waals surface area (Å²) in [6.07, 6.45) is 1.53.